The van der Waals surface area contributed by atoms with Crippen LogP contribution in [-0.4, -0.2) is 43.3 Å². The molecule has 1 saturated carbocycles. The van der Waals surface area contributed by atoms with Crippen LogP contribution in [0.15, 0.2) is 82.7 Å². The number of amidine groups is 1. The highest BCUT2D eigenvalue weighted by atomic mass is 32.2. The number of fused-ring (bicyclic) bond motifs is 1. The normalized spacial score (nSPS) is 22.1. The summed E-state index contributed by atoms with van der Waals surface area (Å²) in [6, 6.07) is 23.6. The molecule has 1 aliphatic heterocycles. The number of likely N-dealkylation sites (N-methyl/N-ethyl adjacent to an activating group) is 1. The molecule has 7 heteroatoms. The minimum absolute atomic E-state index is 0.00342. The molecule has 3 aromatic carbocycles. The number of benzene rings is 3. The standard InChI is InChI=1S/C31H33FN4OS/c1-35-17-16-33-30(35)20-36(31(37)28-19-26(28)21-6-3-2-4-7-21)24-13-10-22-8-5-9-29(27(22)18-24)34-38-25-14-11-23(32)12-15-25/h2-4,6-7,10-15,18,26,28-29,34H,5,8-9,16-17,19-20H2,1H3/t26-,28+,29?/m1/s1. The SMILES string of the molecule is CN1CCN=C1CN(C(=O)[C@H]1C[C@@H]1c1ccccc1)c1ccc2c(c1)C(NSc1ccc(F)cc1)CCC2. The first-order chi connectivity index (χ1) is 18.6. The predicted octanol–water partition coefficient (Wildman–Crippen LogP) is 5.98. The fraction of sp³-hybridized carbons (Fsp3) is 0.355. The van der Waals surface area contributed by atoms with Crippen LogP contribution in [0.1, 0.15) is 47.9 Å². The number of aryl methyl sites for hydroxylation is 1. The van der Waals surface area contributed by atoms with Gasteiger partial charge in [0.05, 0.1) is 13.1 Å². The molecule has 38 heavy (non-hydrogen) atoms. The quantitative estimate of drug-likeness (QED) is 0.366. The number of carbonyl (C=O) groups is 1. The van der Waals surface area contributed by atoms with Crippen LogP contribution in [0.3, 0.4) is 0 Å². The van der Waals surface area contributed by atoms with Gasteiger partial charge in [0.25, 0.3) is 0 Å². The lowest BCUT2D eigenvalue weighted by Gasteiger charge is -2.30. The number of hydrogen-bond acceptors (Lipinski definition) is 5. The summed E-state index contributed by atoms with van der Waals surface area (Å²) in [5.74, 6) is 1.21. The smallest absolute Gasteiger partial charge is 0.231 e. The van der Waals surface area contributed by atoms with E-state index in [-0.39, 0.29) is 29.6 Å². The Hall–Kier alpha value is -3.16. The van der Waals surface area contributed by atoms with Crippen LogP contribution in [0.4, 0.5) is 10.1 Å². The first-order valence-corrected chi connectivity index (χ1v) is 14.3. The highest BCUT2D eigenvalue weighted by Gasteiger charge is 2.46. The maximum absolute atomic E-state index is 14.0. The van der Waals surface area contributed by atoms with Crippen LogP contribution < -0.4 is 9.62 Å². The molecule has 3 aromatic rings. The van der Waals surface area contributed by atoms with Crippen molar-refractivity contribution in [2.75, 3.05) is 31.6 Å². The number of carbonyl (C=O) groups excluding carboxylic acids is 1. The second-order valence-electron chi connectivity index (χ2n) is 10.5. The lowest BCUT2D eigenvalue weighted by Crippen LogP contribution is -2.41. The summed E-state index contributed by atoms with van der Waals surface area (Å²) in [6.07, 6.45) is 4.06. The predicted molar refractivity (Wildman–Crippen MR) is 152 cm³/mol. The topological polar surface area (TPSA) is 47.9 Å². The van der Waals surface area contributed by atoms with E-state index < -0.39 is 0 Å². The van der Waals surface area contributed by atoms with Crippen molar-refractivity contribution in [2.24, 2.45) is 10.9 Å². The summed E-state index contributed by atoms with van der Waals surface area (Å²) in [5, 5.41) is 0. The molecule has 1 heterocycles. The van der Waals surface area contributed by atoms with E-state index in [1.54, 1.807) is 12.1 Å². The Morgan fingerprint density at radius 3 is 2.71 bits per heavy atom. The second kappa shape index (κ2) is 10.9. The average molecular weight is 529 g/mol. The fourth-order valence-electron chi connectivity index (χ4n) is 5.64. The largest absolute Gasteiger partial charge is 0.360 e. The molecule has 2 aliphatic carbocycles. The third kappa shape index (κ3) is 5.36. The molecule has 1 fully saturated rings. The van der Waals surface area contributed by atoms with Crippen molar-refractivity contribution in [3.8, 4) is 0 Å². The van der Waals surface area contributed by atoms with Gasteiger partial charge in [-0.15, -0.1) is 0 Å². The summed E-state index contributed by atoms with van der Waals surface area (Å²) >= 11 is 1.54. The maximum atomic E-state index is 14.0. The zero-order valence-electron chi connectivity index (χ0n) is 21.6. The summed E-state index contributed by atoms with van der Waals surface area (Å²) in [5.41, 5.74) is 4.76. The van der Waals surface area contributed by atoms with Crippen molar-refractivity contribution in [3.63, 3.8) is 0 Å². The van der Waals surface area contributed by atoms with E-state index in [0.717, 1.165) is 55.2 Å². The molecule has 0 aromatic heterocycles. The van der Waals surface area contributed by atoms with E-state index in [1.807, 2.05) is 11.0 Å². The van der Waals surface area contributed by atoms with Crippen molar-refractivity contribution >= 4 is 29.4 Å². The molecule has 1 amide bonds. The van der Waals surface area contributed by atoms with E-state index >= 15 is 0 Å². The Kier molecular flexibility index (Phi) is 7.22. The van der Waals surface area contributed by atoms with Gasteiger partial charge in [0.1, 0.15) is 11.7 Å². The summed E-state index contributed by atoms with van der Waals surface area (Å²) in [4.78, 5) is 23.8. The van der Waals surface area contributed by atoms with Gasteiger partial charge in [0.15, 0.2) is 0 Å². The van der Waals surface area contributed by atoms with Gasteiger partial charge >= 0.3 is 0 Å². The molecule has 0 bridgehead atoms. The Bertz CT molecular complexity index is 1330. The van der Waals surface area contributed by atoms with E-state index in [4.69, 9.17) is 4.99 Å². The molecule has 0 spiro atoms. The molecular formula is C31H33FN4OS. The minimum atomic E-state index is -0.227. The molecule has 0 radical (unpaired) electrons. The summed E-state index contributed by atoms with van der Waals surface area (Å²) in [7, 11) is 2.05. The molecule has 3 aliphatic rings. The maximum Gasteiger partial charge on any atom is 0.231 e. The van der Waals surface area contributed by atoms with Gasteiger partial charge in [-0.1, -0.05) is 36.4 Å². The highest BCUT2D eigenvalue weighted by Crippen LogP contribution is 2.49. The molecule has 1 N–H and O–H groups in total. The van der Waals surface area contributed by atoms with E-state index in [1.165, 1.54) is 40.8 Å². The van der Waals surface area contributed by atoms with Crippen molar-refractivity contribution in [3.05, 3.63) is 95.3 Å². The molecule has 3 atom stereocenters. The fourth-order valence-corrected chi connectivity index (χ4v) is 6.44. The summed E-state index contributed by atoms with van der Waals surface area (Å²) < 4.78 is 17.0. The number of hydrogen-bond donors (Lipinski definition) is 1. The zero-order valence-corrected chi connectivity index (χ0v) is 22.5. The molecule has 6 rings (SSSR count). The first-order valence-electron chi connectivity index (χ1n) is 13.5. The van der Waals surface area contributed by atoms with Crippen LogP contribution >= 0.6 is 11.9 Å². The average Bonchev–Trinajstić information content (AvgIpc) is 3.66. The Labute approximate surface area is 228 Å². The monoisotopic (exact) mass is 528 g/mol. The van der Waals surface area contributed by atoms with Crippen molar-refractivity contribution in [1.29, 1.82) is 0 Å². The van der Waals surface area contributed by atoms with Crippen LogP contribution in [-0.2, 0) is 11.2 Å². The minimum Gasteiger partial charge on any atom is -0.360 e. The molecular weight excluding hydrogens is 495 g/mol. The Balaban J connectivity index is 1.26. The first kappa shape index (κ1) is 25.1. The zero-order chi connectivity index (χ0) is 26.1. The van der Waals surface area contributed by atoms with E-state index in [0.29, 0.717) is 6.54 Å². The molecule has 0 saturated heterocycles. The number of nitrogens with zero attached hydrogens (tertiary/aromatic N) is 3. The van der Waals surface area contributed by atoms with E-state index in [2.05, 4.69) is 59.1 Å². The third-order valence-electron chi connectivity index (χ3n) is 7.96. The molecule has 5 nitrogen and oxygen atoms in total. The van der Waals surface area contributed by atoms with Gasteiger partial charge in [-0.3, -0.25) is 14.5 Å². The van der Waals surface area contributed by atoms with Crippen LogP contribution in [0, 0.1) is 11.7 Å². The lowest BCUT2D eigenvalue weighted by molar-refractivity contribution is -0.119. The molecule has 1 unspecified atom stereocenters. The van der Waals surface area contributed by atoms with Gasteiger partial charge in [0, 0.05) is 36.1 Å². The Morgan fingerprint density at radius 1 is 1.13 bits per heavy atom. The lowest BCUT2D eigenvalue weighted by atomic mass is 9.87. The number of nitrogens with one attached hydrogen (secondary N) is 1. The van der Waals surface area contributed by atoms with Gasteiger partial charge in [-0.05, 0) is 96.6 Å². The van der Waals surface area contributed by atoms with Gasteiger partial charge in [0.2, 0.25) is 5.91 Å². The molecule has 196 valence electrons. The third-order valence-corrected chi connectivity index (χ3v) is 8.87. The van der Waals surface area contributed by atoms with Crippen molar-refractivity contribution < 1.29 is 9.18 Å². The van der Waals surface area contributed by atoms with Gasteiger partial charge in [-0.2, -0.15) is 0 Å². The van der Waals surface area contributed by atoms with Crippen LogP contribution in [0.25, 0.3) is 0 Å². The number of aliphatic imine (C=N–C) groups is 1. The number of rotatable bonds is 8. The highest BCUT2D eigenvalue weighted by molar-refractivity contribution is 7.97. The Morgan fingerprint density at radius 2 is 1.95 bits per heavy atom. The number of halogens is 1. The summed E-state index contributed by atoms with van der Waals surface area (Å²) in [6.45, 7) is 2.17. The van der Waals surface area contributed by atoms with E-state index in [9.17, 15) is 9.18 Å². The number of amides is 1. The van der Waals surface area contributed by atoms with Crippen molar-refractivity contribution in [1.82, 2.24) is 9.62 Å². The van der Waals surface area contributed by atoms with Gasteiger partial charge < -0.3 is 9.80 Å². The van der Waals surface area contributed by atoms with Crippen LogP contribution in [0.5, 0.6) is 0 Å². The van der Waals surface area contributed by atoms with Gasteiger partial charge in [-0.25, -0.2) is 4.39 Å². The van der Waals surface area contributed by atoms with Crippen molar-refractivity contribution in [2.45, 2.75) is 42.5 Å². The van der Waals surface area contributed by atoms with Crippen LogP contribution in [0.2, 0.25) is 0 Å². The number of anilines is 1. The second-order valence-corrected chi connectivity index (χ2v) is 11.4.